The number of fused-ring (bicyclic) bond motifs is 1. The van der Waals surface area contributed by atoms with Gasteiger partial charge in [0.2, 0.25) is 5.91 Å². The molecular formula is C19H28N2O3. The maximum absolute atomic E-state index is 12.1. The summed E-state index contributed by atoms with van der Waals surface area (Å²) >= 11 is 0. The number of aromatic amines is 1. The summed E-state index contributed by atoms with van der Waals surface area (Å²) < 4.78 is 11.0. The fraction of sp³-hybridized carbons (Fsp3) is 0.526. The molecule has 1 aromatic heterocycles. The normalized spacial score (nSPS) is 11.3. The Morgan fingerprint density at radius 2 is 1.92 bits per heavy atom. The maximum atomic E-state index is 12.1. The largest absolute Gasteiger partial charge is 0.361 e. The minimum Gasteiger partial charge on any atom is -0.361 e. The smallest absolute Gasteiger partial charge is 0.224 e. The first-order chi connectivity index (χ1) is 11.7. The average molecular weight is 332 g/mol. The number of benzene rings is 1. The van der Waals surface area contributed by atoms with Crippen molar-refractivity contribution in [3.8, 4) is 0 Å². The zero-order valence-electron chi connectivity index (χ0n) is 14.6. The van der Waals surface area contributed by atoms with Crippen LogP contribution in [0.25, 0.3) is 10.9 Å². The van der Waals surface area contributed by atoms with Crippen molar-refractivity contribution in [3.63, 3.8) is 0 Å². The number of aromatic nitrogens is 1. The van der Waals surface area contributed by atoms with Crippen LogP contribution in [0, 0.1) is 0 Å². The van der Waals surface area contributed by atoms with Crippen LogP contribution in [0.15, 0.2) is 30.5 Å². The van der Waals surface area contributed by atoms with Crippen LogP contribution in [0.5, 0.6) is 0 Å². The van der Waals surface area contributed by atoms with Crippen molar-refractivity contribution >= 4 is 16.8 Å². The molecule has 1 amide bonds. The summed E-state index contributed by atoms with van der Waals surface area (Å²) in [6.45, 7) is 5.94. The van der Waals surface area contributed by atoms with E-state index in [1.165, 1.54) is 0 Å². The van der Waals surface area contributed by atoms with Crippen LogP contribution in [0.1, 0.15) is 38.7 Å². The van der Waals surface area contributed by atoms with E-state index < -0.39 is 0 Å². The molecule has 2 N–H and O–H groups in total. The van der Waals surface area contributed by atoms with Crippen LogP contribution in [0.2, 0.25) is 0 Å². The van der Waals surface area contributed by atoms with E-state index in [4.69, 9.17) is 9.47 Å². The standard InChI is InChI=1S/C19H28N2O3/c1-3-23-19(24-4-2)11-7-8-12-20-18(22)13-15-14-21-17-10-6-5-9-16(15)17/h5-6,9-10,14,19,21H,3-4,7-8,11-13H2,1-2H3,(H,20,22). The van der Waals surface area contributed by atoms with Gasteiger partial charge in [-0.15, -0.1) is 0 Å². The minimum absolute atomic E-state index is 0.0610. The number of hydrogen-bond acceptors (Lipinski definition) is 3. The lowest BCUT2D eigenvalue weighted by atomic mass is 10.1. The average Bonchev–Trinajstić information content (AvgIpc) is 2.98. The van der Waals surface area contributed by atoms with E-state index in [2.05, 4.69) is 10.3 Å². The van der Waals surface area contributed by atoms with Crippen molar-refractivity contribution in [1.82, 2.24) is 10.3 Å². The molecule has 0 fully saturated rings. The summed E-state index contributed by atoms with van der Waals surface area (Å²) in [5.41, 5.74) is 2.11. The third-order valence-corrected chi connectivity index (χ3v) is 3.92. The fourth-order valence-corrected chi connectivity index (χ4v) is 2.76. The molecule has 5 heteroatoms. The Balaban J connectivity index is 1.66. The number of H-pyrrole nitrogens is 1. The first-order valence-corrected chi connectivity index (χ1v) is 8.79. The second-order valence-electron chi connectivity index (χ2n) is 5.72. The second kappa shape index (κ2) is 10.1. The van der Waals surface area contributed by atoms with Gasteiger partial charge in [-0.05, 0) is 44.7 Å². The van der Waals surface area contributed by atoms with Crippen LogP contribution in [-0.2, 0) is 20.7 Å². The van der Waals surface area contributed by atoms with Gasteiger partial charge in [-0.25, -0.2) is 0 Å². The molecule has 0 bridgehead atoms. The zero-order chi connectivity index (χ0) is 17.2. The summed E-state index contributed by atoms with van der Waals surface area (Å²) in [7, 11) is 0. The van der Waals surface area contributed by atoms with Gasteiger partial charge in [0.05, 0.1) is 6.42 Å². The van der Waals surface area contributed by atoms with Crippen molar-refractivity contribution in [2.45, 2.75) is 45.8 Å². The summed E-state index contributed by atoms with van der Waals surface area (Å²) in [6.07, 6.45) is 4.96. The lowest BCUT2D eigenvalue weighted by Crippen LogP contribution is -2.26. The Bertz CT molecular complexity index is 618. The van der Waals surface area contributed by atoms with Crippen molar-refractivity contribution in [1.29, 1.82) is 0 Å². The number of nitrogens with one attached hydrogen (secondary N) is 2. The summed E-state index contributed by atoms with van der Waals surface area (Å²) in [4.78, 5) is 15.3. The molecule has 0 aliphatic carbocycles. The molecule has 0 radical (unpaired) electrons. The van der Waals surface area contributed by atoms with Gasteiger partial charge in [0, 0.05) is 36.9 Å². The van der Waals surface area contributed by atoms with Gasteiger partial charge < -0.3 is 19.8 Å². The number of carbonyl (C=O) groups is 1. The SMILES string of the molecule is CCOC(CCCCNC(=O)Cc1c[nH]c2ccccc12)OCC. The number of amides is 1. The van der Waals surface area contributed by atoms with Gasteiger partial charge in [0.15, 0.2) is 6.29 Å². The summed E-state index contributed by atoms with van der Waals surface area (Å²) in [5, 5.41) is 4.10. The Morgan fingerprint density at radius 3 is 2.67 bits per heavy atom. The first kappa shape index (κ1) is 18.5. The number of carbonyl (C=O) groups excluding carboxylic acids is 1. The Morgan fingerprint density at radius 1 is 1.17 bits per heavy atom. The van der Waals surface area contributed by atoms with Crippen LogP contribution in [0.4, 0.5) is 0 Å². The van der Waals surface area contributed by atoms with Crippen molar-refractivity contribution in [2.75, 3.05) is 19.8 Å². The highest BCUT2D eigenvalue weighted by Crippen LogP contribution is 2.17. The molecule has 1 heterocycles. The number of unbranched alkanes of at least 4 members (excludes halogenated alkanes) is 1. The highest BCUT2D eigenvalue weighted by atomic mass is 16.7. The summed E-state index contributed by atoms with van der Waals surface area (Å²) in [5.74, 6) is 0.0610. The molecule has 1 aromatic carbocycles. The molecule has 0 saturated heterocycles. The number of rotatable bonds is 11. The van der Waals surface area contributed by atoms with Crippen LogP contribution < -0.4 is 5.32 Å². The third-order valence-electron chi connectivity index (χ3n) is 3.92. The molecule has 0 atom stereocenters. The van der Waals surface area contributed by atoms with E-state index in [9.17, 15) is 4.79 Å². The lowest BCUT2D eigenvalue weighted by molar-refractivity contribution is -0.140. The van der Waals surface area contributed by atoms with E-state index in [1.54, 1.807) is 0 Å². The monoisotopic (exact) mass is 332 g/mol. The van der Waals surface area contributed by atoms with Crippen LogP contribution in [0.3, 0.4) is 0 Å². The molecular weight excluding hydrogens is 304 g/mol. The molecule has 24 heavy (non-hydrogen) atoms. The molecule has 2 rings (SSSR count). The number of hydrogen-bond donors (Lipinski definition) is 2. The zero-order valence-corrected chi connectivity index (χ0v) is 14.6. The molecule has 2 aromatic rings. The second-order valence-corrected chi connectivity index (χ2v) is 5.72. The molecule has 0 spiro atoms. The number of para-hydroxylation sites is 1. The Labute approximate surface area is 143 Å². The molecule has 0 saturated carbocycles. The van der Waals surface area contributed by atoms with Crippen molar-refractivity contribution in [3.05, 3.63) is 36.0 Å². The highest BCUT2D eigenvalue weighted by molar-refractivity contribution is 5.88. The molecule has 0 aliphatic rings. The van der Waals surface area contributed by atoms with Gasteiger partial charge in [-0.2, -0.15) is 0 Å². The predicted molar refractivity (Wildman–Crippen MR) is 95.9 cm³/mol. The van der Waals surface area contributed by atoms with Gasteiger partial charge in [0.25, 0.3) is 0 Å². The van der Waals surface area contributed by atoms with Crippen molar-refractivity contribution in [2.24, 2.45) is 0 Å². The van der Waals surface area contributed by atoms with Crippen LogP contribution >= 0.6 is 0 Å². The predicted octanol–water partition coefficient (Wildman–Crippen LogP) is 3.40. The van der Waals surface area contributed by atoms with Gasteiger partial charge >= 0.3 is 0 Å². The highest BCUT2D eigenvalue weighted by Gasteiger charge is 2.09. The van der Waals surface area contributed by atoms with E-state index in [-0.39, 0.29) is 12.2 Å². The molecule has 132 valence electrons. The van der Waals surface area contributed by atoms with E-state index in [0.29, 0.717) is 26.2 Å². The lowest BCUT2D eigenvalue weighted by Gasteiger charge is -2.16. The van der Waals surface area contributed by atoms with Crippen molar-refractivity contribution < 1.29 is 14.3 Å². The molecule has 0 unspecified atom stereocenters. The molecule has 5 nitrogen and oxygen atoms in total. The minimum atomic E-state index is -0.123. The third kappa shape index (κ3) is 5.65. The Hall–Kier alpha value is -1.85. The Kier molecular flexibility index (Phi) is 7.79. The van der Waals surface area contributed by atoms with Gasteiger partial charge in [-0.3, -0.25) is 4.79 Å². The van der Waals surface area contributed by atoms with Gasteiger partial charge in [0.1, 0.15) is 0 Å². The quantitative estimate of drug-likeness (QED) is 0.490. The van der Waals surface area contributed by atoms with E-state index >= 15 is 0 Å². The summed E-state index contributed by atoms with van der Waals surface area (Å²) in [6, 6.07) is 8.03. The topological polar surface area (TPSA) is 63.3 Å². The van der Waals surface area contributed by atoms with Crippen LogP contribution in [-0.4, -0.2) is 36.9 Å². The molecule has 0 aliphatic heterocycles. The number of ether oxygens (including phenoxy) is 2. The maximum Gasteiger partial charge on any atom is 0.224 e. The van der Waals surface area contributed by atoms with Gasteiger partial charge in [-0.1, -0.05) is 18.2 Å². The van der Waals surface area contributed by atoms with E-state index in [0.717, 1.165) is 35.7 Å². The first-order valence-electron chi connectivity index (χ1n) is 8.79. The fourth-order valence-electron chi connectivity index (χ4n) is 2.76. The van der Waals surface area contributed by atoms with E-state index in [1.807, 2.05) is 44.3 Å².